The number of anilines is 1. The molecule has 0 aromatic heterocycles. The second kappa shape index (κ2) is 5.29. The largest absolute Gasteiger partial charge is 0.311 e. The van der Waals surface area contributed by atoms with Gasteiger partial charge in [-0.1, -0.05) is 6.42 Å². The first-order chi connectivity index (χ1) is 9.25. The van der Waals surface area contributed by atoms with E-state index in [0.29, 0.717) is 0 Å². The third kappa shape index (κ3) is 2.50. The highest BCUT2D eigenvalue weighted by molar-refractivity contribution is 5.99. The molecule has 2 aliphatic heterocycles. The Morgan fingerprint density at radius 3 is 2.37 bits per heavy atom. The van der Waals surface area contributed by atoms with E-state index in [0.717, 1.165) is 31.7 Å². The molecule has 0 radical (unpaired) electrons. The quantitative estimate of drug-likeness (QED) is 0.817. The number of hydrogen-bond donors (Lipinski definition) is 0. The summed E-state index contributed by atoms with van der Waals surface area (Å²) in [7, 11) is 0. The molecule has 2 aliphatic rings. The number of likely N-dealkylation sites (tertiary alicyclic amines) is 1. The Morgan fingerprint density at radius 1 is 1.00 bits per heavy atom. The Balaban J connectivity index is 1.72. The number of nitrogens with zero attached hydrogens (tertiary/aromatic N) is 2. The fourth-order valence-electron chi connectivity index (χ4n) is 3.11. The second-order valence-corrected chi connectivity index (χ2v) is 5.37. The van der Waals surface area contributed by atoms with Gasteiger partial charge in [0.05, 0.1) is 6.04 Å². The first-order valence-corrected chi connectivity index (χ1v) is 7.07. The highest BCUT2D eigenvalue weighted by Crippen LogP contribution is 2.26. The van der Waals surface area contributed by atoms with E-state index in [1.54, 1.807) is 17.0 Å². The monoisotopic (exact) mass is 262 g/mol. The topological polar surface area (TPSA) is 23.6 Å². The lowest BCUT2D eigenvalue weighted by molar-refractivity contribution is -0.122. The molecule has 1 aromatic carbocycles. The van der Waals surface area contributed by atoms with E-state index in [2.05, 4.69) is 4.90 Å². The van der Waals surface area contributed by atoms with Crippen molar-refractivity contribution in [2.24, 2.45) is 0 Å². The van der Waals surface area contributed by atoms with Crippen molar-refractivity contribution in [3.63, 3.8) is 0 Å². The second-order valence-electron chi connectivity index (χ2n) is 5.37. The lowest BCUT2D eigenvalue weighted by Gasteiger charge is -2.31. The third-order valence-electron chi connectivity index (χ3n) is 4.15. The molecule has 0 bridgehead atoms. The summed E-state index contributed by atoms with van der Waals surface area (Å²) in [5, 5.41) is 0. The Morgan fingerprint density at radius 2 is 1.68 bits per heavy atom. The molecule has 4 heteroatoms. The molecular formula is C15H19FN2O. The van der Waals surface area contributed by atoms with Crippen LogP contribution in [0.3, 0.4) is 0 Å². The average Bonchev–Trinajstić information content (AvgIpc) is 2.83. The minimum absolute atomic E-state index is 0.0327. The molecule has 0 N–H and O–H groups in total. The molecule has 2 fully saturated rings. The van der Waals surface area contributed by atoms with Crippen LogP contribution in [0.1, 0.15) is 25.7 Å². The summed E-state index contributed by atoms with van der Waals surface area (Å²) >= 11 is 0. The van der Waals surface area contributed by atoms with Gasteiger partial charge < -0.3 is 4.90 Å². The molecule has 0 spiro atoms. The van der Waals surface area contributed by atoms with Gasteiger partial charge in [-0.15, -0.1) is 0 Å². The van der Waals surface area contributed by atoms with Crippen molar-refractivity contribution >= 4 is 11.6 Å². The maximum Gasteiger partial charge on any atom is 0.244 e. The molecule has 1 aromatic rings. The van der Waals surface area contributed by atoms with Crippen molar-refractivity contribution < 1.29 is 9.18 Å². The van der Waals surface area contributed by atoms with Crippen molar-refractivity contribution in [3.8, 4) is 0 Å². The van der Waals surface area contributed by atoms with Crippen LogP contribution in [0.2, 0.25) is 0 Å². The Bertz CT molecular complexity index is 454. The predicted octanol–water partition coefficient (Wildman–Crippen LogP) is 2.42. The SMILES string of the molecule is O=C1C(N2CCCCC2)CCN1c1ccc(F)cc1. The summed E-state index contributed by atoms with van der Waals surface area (Å²) in [6.45, 7) is 2.81. The first kappa shape index (κ1) is 12.6. The van der Waals surface area contributed by atoms with E-state index in [4.69, 9.17) is 0 Å². The maximum atomic E-state index is 12.9. The van der Waals surface area contributed by atoms with Gasteiger partial charge in [-0.2, -0.15) is 0 Å². The van der Waals surface area contributed by atoms with Crippen LogP contribution in [0.5, 0.6) is 0 Å². The van der Waals surface area contributed by atoms with Gasteiger partial charge in [0.1, 0.15) is 5.82 Å². The third-order valence-corrected chi connectivity index (χ3v) is 4.15. The molecule has 1 unspecified atom stereocenters. The highest BCUT2D eigenvalue weighted by Gasteiger charge is 2.36. The van der Waals surface area contributed by atoms with Crippen molar-refractivity contribution in [1.29, 1.82) is 0 Å². The highest BCUT2D eigenvalue weighted by atomic mass is 19.1. The first-order valence-electron chi connectivity index (χ1n) is 7.07. The number of benzene rings is 1. The van der Waals surface area contributed by atoms with Crippen LogP contribution in [-0.2, 0) is 4.79 Å². The average molecular weight is 262 g/mol. The summed E-state index contributed by atoms with van der Waals surface area (Å²) in [5.41, 5.74) is 0.811. The van der Waals surface area contributed by atoms with Gasteiger partial charge in [-0.3, -0.25) is 9.69 Å². The number of halogens is 1. The summed E-state index contributed by atoms with van der Waals surface area (Å²) in [5.74, 6) is -0.0866. The lowest BCUT2D eigenvalue weighted by Crippen LogP contribution is -2.44. The zero-order valence-corrected chi connectivity index (χ0v) is 11.0. The summed E-state index contributed by atoms with van der Waals surface area (Å²) < 4.78 is 12.9. The number of rotatable bonds is 2. The van der Waals surface area contributed by atoms with E-state index in [-0.39, 0.29) is 17.8 Å². The van der Waals surface area contributed by atoms with Gasteiger partial charge in [-0.05, 0) is 56.6 Å². The minimum Gasteiger partial charge on any atom is -0.311 e. The molecule has 3 rings (SSSR count). The normalized spacial score (nSPS) is 25.0. The van der Waals surface area contributed by atoms with Gasteiger partial charge >= 0.3 is 0 Å². The smallest absolute Gasteiger partial charge is 0.244 e. The van der Waals surface area contributed by atoms with Crippen LogP contribution in [0.4, 0.5) is 10.1 Å². The maximum absolute atomic E-state index is 12.9. The van der Waals surface area contributed by atoms with Gasteiger partial charge in [0.25, 0.3) is 0 Å². The molecule has 2 saturated heterocycles. The van der Waals surface area contributed by atoms with Crippen LogP contribution in [-0.4, -0.2) is 36.5 Å². The van der Waals surface area contributed by atoms with Crippen molar-refractivity contribution in [1.82, 2.24) is 4.90 Å². The van der Waals surface area contributed by atoms with Crippen LogP contribution >= 0.6 is 0 Å². The van der Waals surface area contributed by atoms with Gasteiger partial charge in [-0.25, -0.2) is 4.39 Å². The number of hydrogen-bond acceptors (Lipinski definition) is 2. The summed E-state index contributed by atoms with van der Waals surface area (Å²) in [6.07, 6.45) is 4.55. The summed E-state index contributed by atoms with van der Waals surface area (Å²) in [4.78, 5) is 16.6. The van der Waals surface area contributed by atoms with Gasteiger partial charge in [0.15, 0.2) is 0 Å². The van der Waals surface area contributed by atoms with Crippen molar-refractivity contribution in [2.75, 3.05) is 24.5 Å². The Kier molecular flexibility index (Phi) is 3.51. The summed E-state index contributed by atoms with van der Waals surface area (Å²) in [6, 6.07) is 6.23. The van der Waals surface area contributed by atoms with Crippen LogP contribution in [0.25, 0.3) is 0 Å². The standard InChI is InChI=1S/C15H19FN2O/c16-12-4-6-13(7-5-12)18-11-8-14(15(18)19)17-9-2-1-3-10-17/h4-7,14H,1-3,8-11H2. The van der Waals surface area contributed by atoms with E-state index >= 15 is 0 Å². The van der Waals surface area contributed by atoms with E-state index in [1.165, 1.54) is 31.4 Å². The molecule has 0 saturated carbocycles. The van der Waals surface area contributed by atoms with E-state index in [1.807, 2.05) is 0 Å². The number of piperidine rings is 1. The fourth-order valence-corrected chi connectivity index (χ4v) is 3.11. The minimum atomic E-state index is -0.261. The van der Waals surface area contributed by atoms with Crippen LogP contribution in [0, 0.1) is 5.82 Å². The van der Waals surface area contributed by atoms with Crippen molar-refractivity contribution in [3.05, 3.63) is 30.1 Å². The molecule has 0 aliphatic carbocycles. The predicted molar refractivity (Wildman–Crippen MR) is 72.6 cm³/mol. The van der Waals surface area contributed by atoms with E-state index in [9.17, 15) is 9.18 Å². The number of carbonyl (C=O) groups is 1. The Labute approximate surface area is 113 Å². The molecule has 2 heterocycles. The number of carbonyl (C=O) groups excluding carboxylic acids is 1. The van der Waals surface area contributed by atoms with Gasteiger partial charge in [0, 0.05) is 12.2 Å². The van der Waals surface area contributed by atoms with E-state index < -0.39 is 0 Å². The number of amides is 1. The molecule has 3 nitrogen and oxygen atoms in total. The fraction of sp³-hybridized carbons (Fsp3) is 0.533. The molecule has 102 valence electrons. The van der Waals surface area contributed by atoms with Crippen LogP contribution < -0.4 is 4.90 Å². The molecule has 1 atom stereocenters. The molecule has 19 heavy (non-hydrogen) atoms. The van der Waals surface area contributed by atoms with Crippen LogP contribution in [0.15, 0.2) is 24.3 Å². The zero-order chi connectivity index (χ0) is 13.2. The van der Waals surface area contributed by atoms with Crippen molar-refractivity contribution in [2.45, 2.75) is 31.7 Å². The lowest BCUT2D eigenvalue weighted by atomic mass is 10.1. The van der Waals surface area contributed by atoms with Gasteiger partial charge in [0.2, 0.25) is 5.91 Å². The molecule has 1 amide bonds. The Hall–Kier alpha value is -1.42. The molecular weight excluding hydrogens is 243 g/mol. The zero-order valence-electron chi connectivity index (χ0n) is 11.0.